The molecular formula is C18H19N3O3. The number of hydrogen-bond acceptors (Lipinski definition) is 3. The van der Waals surface area contributed by atoms with E-state index >= 15 is 0 Å². The Kier molecular flexibility index (Phi) is 4.46. The van der Waals surface area contributed by atoms with Crippen molar-refractivity contribution in [2.24, 2.45) is 0 Å². The molecule has 1 fully saturated rings. The molecule has 124 valence electrons. The standard InChI is InChI=1S/C18H19N3O3/c1-13(22)20-9-11-21(12-10-20)18(24)17(23)19-16-8-4-6-14-5-2-3-7-15(14)16/h2-8H,9-12H2,1H3,(H,19,23). The van der Waals surface area contributed by atoms with Crippen LogP contribution in [0.2, 0.25) is 0 Å². The van der Waals surface area contributed by atoms with Gasteiger partial charge in [-0.3, -0.25) is 14.4 Å². The number of carbonyl (C=O) groups is 3. The summed E-state index contributed by atoms with van der Waals surface area (Å²) in [5.41, 5.74) is 0.619. The summed E-state index contributed by atoms with van der Waals surface area (Å²) in [5.74, 6) is -1.23. The van der Waals surface area contributed by atoms with E-state index in [1.165, 1.54) is 11.8 Å². The second-order valence-electron chi connectivity index (χ2n) is 5.78. The molecule has 2 aromatic rings. The number of carbonyl (C=O) groups excluding carboxylic acids is 3. The van der Waals surface area contributed by atoms with E-state index in [0.717, 1.165) is 10.8 Å². The van der Waals surface area contributed by atoms with Gasteiger partial charge in [-0.1, -0.05) is 36.4 Å². The number of hydrogen-bond donors (Lipinski definition) is 1. The van der Waals surface area contributed by atoms with Gasteiger partial charge in [0, 0.05) is 44.2 Å². The lowest BCUT2D eigenvalue weighted by Crippen LogP contribution is -2.52. The van der Waals surface area contributed by atoms with Gasteiger partial charge in [-0.25, -0.2) is 0 Å². The summed E-state index contributed by atoms with van der Waals surface area (Å²) in [4.78, 5) is 39.1. The molecule has 6 heteroatoms. The fraction of sp³-hybridized carbons (Fsp3) is 0.278. The Morgan fingerprint density at radius 3 is 2.21 bits per heavy atom. The van der Waals surface area contributed by atoms with Gasteiger partial charge in [-0.2, -0.15) is 0 Å². The smallest absolute Gasteiger partial charge is 0.313 e. The van der Waals surface area contributed by atoms with Gasteiger partial charge in [0.05, 0.1) is 0 Å². The molecule has 1 saturated heterocycles. The van der Waals surface area contributed by atoms with Crippen LogP contribution >= 0.6 is 0 Å². The van der Waals surface area contributed by atoms with Gasteiger partial charge >= 0.3 is 11.8 Å². The molecule has 1 N–H and O–H groups in total. The molecule has 0 aliphatic carbocycles. The molecule has 24 heavy (non-hydrogen) atoms. The van der Waals surface area contributed by atoms with Crippen molar-refractivity contribution in [1.29, 1.82) is 0 Å². The van der Waals surface area contributed by atoms with Crippen LogP contribution in [0.5, 0.6) is 0 Å². The molecule has 1 aliphatic rings. The largest absolute Gasteiger partial charge is 0.339 e. The Morgan fingerprint density at radius 2 is 1.50 bits per heavy atom. The first-order valence-corrected chi connectivity index (χ1v) is 7.90. The Hall–Kier alpha value is -2.89. The first-order valence-electron chi connectivity index (χ1n) is 7.90. The molecule has 0 saturated carbocycles. The molecule has 0 aromatic heterocycles. The molecule has 0 spiro atoms. The summed E-state index contributed by atoms with van der Waals surface area (Å²) in [6.45, 7) is 3.18. The number of nitrogens with one attached hydrogen (secondary N) is 1. The summed E-state index contributed by atoms with van der Waals surface area (Å²) in [7, 11) is 0. The zero-order valence-corrected chi connectivity index (χ0v) is 13.5. The third kappa shape index (κ3) is 3.22. The lowest BCUT2D eigenvalue weighted by molar-refractivity contribution is -0.145. The van der Waals surface area contributed by atoms with Gasteiger partial charge in [0.25, 0.3) is 0 Å². The van der Waals surface area contributed by atoms with Gasteiger partial charge in [0.15, 0.2) is 0 Å². The Morgan fingerprint density at radius 1 is 0.875 bits per heavy atom. The third-order valence-corrected chi connectivity index (χ3v) is 4.24. The van der Waals surface area contributed by atoms with Crippen LogP contribution in [0.25, 0.3) is 10.8 Å². The normalized spacial score (nSPS) is 14.5. The predicted molar refractivity (Wildman–Crippen MR) is 91.4 cm³/mol. The van der Waals surface area contributed by atoms with Gasteiger partial charge in [-0.15, -0.1) is 0 Å². The molecule has 3 amide bonds. The van der Waals surface area contributed by atoms with Crippen molar-refractivity contribution < 1.29 is 14.4 Å². The Balaban J connectivity index is 1.68. The van der Waals surface area contributed by atoms with Crippen LogP contribution in [0.4, 0.5) is 5.69 Å². The van der Waals surface area contributed by atoms with E-state index in [1.54, 1.807) is 11.0 Å². The average Bonchev–Trinajstić information content (AvgIpc) is 2.61. The summed E-state index contributed by atoms with van der Waals surface area (Å²) in [5, 5.41) is 4.59. The average molecular weight is 325 g/mol. The zero-order chi connectivity index (χ0) is 17.1. The van der Waals surface area contributed by atoms with Crippen LogP contribution in [0.15, 0.2) is 42.5 Å². The van der Waals surface area contributed by atoms with Crippen LogP contribution in [0.3, 0.4) is 0 Å². The maximum Gasteiger partial charge on any atom is 0.313 e. The van der Waals surface area contributed by atoms with Crippen molar-refractivity contribution in [3.8, 4) is 0 Å². The summed E-state index contributed by atoms with van der Waals surface area (Å²) < 4.78 is 0. The maximum absolute atomic E-state index is 12.3. The highest BCUT2D eigenvalue weighted by Crippen LogP contribution is 2.23. The fourth-order valence-corrected chi connectivity index (χ4v) is 2.88. The van der Waals surface area contributed by atoms with Gasteiger partial charge in [0.2, 0.25) is 5.91 Å². The number of rotatable bonds is 1. The minimum atomic E-state index is -0.650. The number of nitrogens with zero attached hydrogens (tertiary/aromatic N) is 2. The lowest BCUT2D eigenvalue weighted by Gasteiger charge is -2.33. The van der Waals surface area contributed by atoms with Crippen molar-refractivity contribution in [3.05, 3.63) is 42.5 Å². The van der Waals surface area contributed by atoms with Gasteiger partial charge < -0.3 is 15.1 Å². The topological polar surface area (TPSA) is 69.7 Å². The molecule has 1 aliphatic heterocycles. The molecule has 0 radical (unpaired) electrons. The van der Waals surface area contributed by atoms with Crippen molar-refractivity contribution in [2.75, 3.05) is 31.5 Å². The van der Waals surface area contributed by atoms with Gasteiger partial charge in [-0.05, 0) is 11.5 Å². The minimum absolute atomic E-state index is 0.0118. The van der Waals surface area contributed by atoms with Crippen LogP contribution in [-0.2, 0) is 14.4 Å². The molecule has 0 atom stereocenters. The molecule has 0 bridgehead atoms. The number of piperazine rings is 1. The fourth-order valence-electron chi connectivity index (χ4n) is 2.88. The molecular weight excluding hydrogens is 306 g/mol. The SMILES string of the molecule is CC(=O)N1CCN(C(=O)C(=O)Nc2cccc3ccccc23)CC1. The zero-order valence-electron chi connectivity index (χ0n) is 13.5. The molecule has 6 nitrogen and oxygen atoms in total. The van der Waals surface area contributed by atoms with Crippen molar-refractivity contribution in [3.63, 3.8) is 0 Å². The highest BCUT2D eigenvalue weighted by atomic mass is 16.2. The predicted octanol–water partition coefficient (Wildman–Crippen LogP) is 1.47. The van der Waals surface area contributed by atoms with E-state index in [1.807, 2.05) is 36.4 Å². The molecule has 0 unspecified atom stereocenters. The lowest BCUT2D eigenvalue weighted by atomic mass is 10.1. The number of anilines is 1. The van der Waals surface area contributed by atoms with Crippen molar-refractivity contribution in [2.45, 2.75) is 6.92 Å². The quantitative estimate of drug-likeness (QED) is 0.807. The Bertz CT molecular complexity index is 790. The van der Waals surface area contributed by atoms with Crippen LogP contribution < -0.4 is 5.32 Å². The number of fused-ring (bicyclic) bond motifs is 1. The summed E-state index contributed by atoms with van der Waals surface area (Å²) in [6, 6.07) is 13.2. The highest BCUT2D eigenvalue weighted by molar-refractivity contribution is 6.40. The van der Waals surface area contributed by atoms with E-state index in [4.69, 9.17) is 0 Å². The van der Waals surface area contributed by atoms with Crippen molar-refractivity contribution in [1.82, 2.24) is 9.80 Å². The van der Waals surface area contributed by atoms with E-state index < -0.39 is 11.8 Å². The summed E-state index contributed by atoms with van der Waals surface area (Å²) in [6.07, 6.45) is 0. The second kappa shape index (κ2) is 6.70. The van der Waals surface area contributed by atoms with E-state index in [9.17, 15) is 14.4 Å². The van der Waals surface area contributed by atoms with E-state index in [0.29, 0.717) is 31.9 Å². The van der Waals surface area contributed by atoms with Crippen LogP contribution in [0, 0.1) is 0 Å². The number of benzene rings is 2. The second-order valence-corrected chi connectivity index (χ2v) is 5.78. The summed E-state index contributed by atoms with van der Waals surface area (Å²) >= 11 is 0. The molecule has 3 rings (SSSR count). The van der Waals surface area contributed by atoms with Crippen LogP contribution in [-0.4, -0.2) is 53.7 Å². The van der Waals surface area contributed by atoms with E-state index in [-0.39, 0.29) is 5.91 Å². The first-order chi connectivity index (χ1) is 11.6. The Labute approximate surface area is 140 Å². The van der Waals surface area contributed by atoms with Crippen molar-refractivity contribution >= 4 is 34.2 Å². The third-order valence-electron chi connectivity index (χ3n) is 4.24. The van der Waals surface area contributed by atoms with Gasteiger partial charge in [0.1, 0.15) is 0 Å². The highest BCUT2D eigenvalue weighted by Gasteiger charge is 2.27. The monoisotopic (exact) mass is 325 g/mol. The number of amides is 3. The minimum Gasteiger partial charge on any atom is -0.339 e. The maximum atomic E-state index is 12.3. The molecule has 2 aromatic carbocycles. The first kappa shape index (κ1) is 16.0. The van der Waals surface area contributed by atoms with E-state index in [2.05, 4.69) is 5.32 Å². The van der Waals surface area contributed by atoms with Crippen LogP contribution in [0.1, 0.15) is 6.92 Å². The molecule has 1 heterocycles.